The van der Waals surface area contributed by atoms with Gasteiger partial charge < -0.3 is 5.32 Å². The fourth-order valence-corrected chi connectivity index (χ4v) is 1.11. The van der Waals surface area contributed by atoms with E-state index < -0.39 is 0 Å². The Balaban J connectivity index is 2.83. The van der Waals surface area contributed by atoms with Crippen molar-refractivity contribution in [1.82, 2.24) is 5.32 Å². The first-order valence-electron chi connectivity index (χ1n) is 5.11. The van der Waals surface area contributed by atoms with Crippen LogP contribution in [-0.2, 0) is 4.79 Å². The Bertz CT molecular complexity index is 406. The van der Waals surface area contributed by atoms with Crippen LogP contribution in [0.25, 0.3) is 0 Å². The number of carbonyl (C=O) groups excluding carboxylic acids is 1. The fourth-order valence-electron chi connectivity index (χ4n) is 1.11. The third-order valence-corrected chi connectivity index (χ3v) is 1.76. The predicted octanol–water partition coefficient (Wildman–Crippen LogP) is 2.80. The molecule has 0 saturated carbocycles. The topological polar surface area (TPSA) is 29.1 Å². The number of hydrogen-bond acceptors (Lipinski definition) is 1. The van der Waals surface area contributed by atoms with E-state index in [4.69, 9.17) is 0 Å². The third kappa shape index (κ3) is 5.60. The SMILES string of the molecule is CC(=O)NC1=C\C=C/C=C\C=C/C=C\C=C1. The lowest BCUT2D eigenvalue weighted by Gasteiger charge is -2.00. The Labute approximate surface area is 96.1 Å². The smallest absolute Gasteiger partial charge is 0.221 e. The zero-order valence-corrected chi connectivity index (χ0v) is 9.26. The van der Waals surface area contributed by atoms with Gasteiger partial charge in [-0.3, -0.25) is 4.79 Å². The van der Waals surface area contributed by atoms with Gasteiger partial charge >= 0.3 is 0 Å². The molecule has 0 saturated heterocycles. The highest BCUT2D eigenvalue weighted by Crippen LogP contribution is 1.96. The zero-order valence-electron chi connectivity index (χ0n) is 9.26. The third-order valence-electron chi connectivity index (χ3n) is 1.76. The van der Waals surface area contributed by atoms with Crippen LogP contribution in [0.4, 0.5) is 0 Å². The Hall–Kier alpha value is -2.09. The van der Waals surface area contributed by atoms with Crippen molar-refractivity contribution in [2.75, 3.05) is 0 Å². The molecule has 1 aliphatic carbocycles. The predicted molar refractivity (Wildman–Crippen MR) is 67.6 cm³/mol. The van der Waals surface area contributed by atoms with E-state index >= 15 is 0 Å². The molecule has 1 rings (SSSR count). The first kappa shape index (κ1) is 12.0. The summed E-state index contributed by atoms with van der Waals surface area (Å²) in [6, 6.07) is 0. The van der Waals surface area contributed by atoms with E-state index in [0.29, 0.717) is 0 Å². The van der Waals surface area contributed by atoms with Gasteiger partial charge in [0.15, 0.2) is 0 Å². The van der Waals surface area contributed by atoms with Crippen molar-refractivity contribution in [2.45, 2.75) is 6.92 Å². The van der Waals surface area contributed by atoms with Gasteiger partial charge in [-0.2, -0.15) is 0 Å². The van der Waals surface area contributed by atoms with Gasteiger partial charge in [0.05, 0.1) is 0 Å². The highest BCUT2D eigenvalue weighted by molar-refractivity contribution is 5.75. The van der Waals surface area contributed by atoms with Gasteiger partial charge in [-0.1, -0.05) is 54.7 Å². The van der Waals surface area contributed by atoms with E-state index in [1.807, 2.05) is 66.8 Å². The van der Waals surface area contributed by atoms with Crippen molar-refractivity contribution in [3.63, 3.8) is 0 Å². The van der Waals surface area contributed by atoms with Crippen LogP contribution < -0.4 is 5.32 Å². The average molecular weight is 213 g/mol. The van der Waals surface area contributed by atoms with Crippen molar-refractivity contribution in [3.8, 4) is 0 Å². The van der Waals surface area contributed by atoms with Crippen LogP contribution in [-0.4, -0.2) is 5.91 Å². The highest BCUT2D eigenvalue weighted by atomic mass is 16.1. The number of rotatable bonds is 1. The molecule has 1 N–H and O–H groups in total. The van der Waals surface area contributed by atoms with Crippen molar-refractivity contribution < 1.29 is 4.79 Å². The van der Waals surface area contributed by atoms with Crippen molar-refractivity contribution in [2.24, 2.45) is 0 Å². The molecule has 0 unspecified atom stereocenters. The number of hydrogen-bond donors (Lipinski definition) is 1. The Morgan fingerprint density at radius 3 is 1.94 bits per heavy atom. The second-order valence-corrected chi connectivity index (χ2v) is 3.20. The molecule has 0 heterocycles. The monoisotopic (exact) mass is 213 g/mol. The quantitative estimate of drug-likeness (QED) is 0.713. The number of allylic oxidation sites excluding steroid dienone is 11. The molecular formula is C14H15NO. The number of carbonyl (C=O) groups is 1. The summed E-state index contributed by atoms with van der Waals surface area (Å²) in [7, 11) is 0. The first-order valence-corrected chi connectivity index (χ1v) is 5.11. The summed E-state index contributed by atoms with van der Waals surface area (Å²) >= 11 is 0. The minimum atomic E-state index is -0.0733. The minimum Gasteiger partial charge on any atom is -0.326 e. The fraction of sp³-hybridized carbons (Fsp3) is 0.0714. The maximum Gasteiger partial charge on any atom is 0.221 e. The molecular weight excluding hydrogens is 198 g/mol. The van der Waals surface area contributed by atoms with Crippen LogP contribution in [0.1, 0.15) is 6.92 Å². The molecule has 0 aromatic carbocycles. The molecule has 1 aliphatic rings. The molecule has 0 spiro atoms. The Kier molecular flexibility index (Phi) is 5.42. The summed E-state index contributed by atoms with van der Waals surface area (Å²) in [5, 5.41) is 2.74. The molecule has 1 amide bonds. The van der Waals surface area contributed by atoms with Crippen LogP contribution >= 0.6 is 0 Å². The maximum absolute atomic E-state index is 10.9. The second kappa shape index (κ2) is 7.23. The average Bonchev–Trinajstić information content (AvgIpc) is 2.21. The van der Waals surface area contributed by atoms with E-state index in [-0.39, 0.29) is 5.91 Å². The molecule has 0 aromatic rings. The van der Waals surface area contributed by atoms with Crippen LogP contribution in [0.3, 0.4) is 0 Å². The number of nitrogens with one attached hydrogen (secondary N) is 1. The largest absolute Gasteiger partial charge is 0.326 e. The van der Waals surface area contributed by atoms with Crippen LogP contribution in [0.2, 0.25) is 0 Å². The van der Waals surface area contributed by atoms with Gasteiger partial charge in [0, 0.05) is 12.6 Å². The minimum absolute atomic E-state index is 0.0733. The molecule has 0 radical (unpaired) electrons. The maximum atomic E-state index is 10.9. The van der Waals surface area contributed by atoms with Crippen molar-refractivity contribution in [3.05, 3.63) is 72.5 Å². The van der Waals surface area contributed by atoms with E-state index in [2.05, 4.69) is 5.32 Å². The van der Waals surface area contributed by atoms with E-state index in [1.165, 1.54) is 6.92 Å². The van der Waals surface area contributed by atoms with Crippen LogP contribution in [0.15, 0.2) is 72.5 Å². The molecule has 82 valence electrons. The normalized spacial score (nSPS) is 23.2. The first-order chi connectivity index (χ1) is 7.79. The van der Waals surface area contributed by atoms with E-state index in [9.17, 15) is 4.79 Å². The lowest BCUT2D eigenvalue weighted by atomic mass is 10.3. The van der Waals surface area contributed by atoms with Gasteiger partial charge in [0.1, 0.15) is 0 Å². The molecule has 16 heavy (non-hydrogen) atoms. The summed E-state index contributed by atoms with van der Waals surface area (Å²) in [6.07, 6.45) is 21.0. The van der Waals surface area contributed by atoms with Gasteiger partial charge in [-0.15, -0.1) is 0 Å². The lowest BCUT2D eigenvalue weighted by Crippen LogP contribution is -2.17. The van der Waals surface area contributed by atoms with Gasteiger partial charge in [-0.25, -0.2) is 0 Å². The van der Waals surface area contributed by atoms with Crippen LogP contribution in [0, 0.1) is 0 Å². The molecule has 0 atom stereocenters. The summed E-state index contributed by atoms with van der Waals surface area (Å²) in [5.74, 6) is -0.0733. The molecule has 0 aliphatic heterocycles. The molecule has 2 nitrogen and oxygen atoms in total. The lowest BCUT2D eigenvalue weighted by molar-refractivity contribution is -0.118. The van der Waals surface area contributed by atoms with Crippen molar-refractivity contribution in [1.29, 1.82) is 0 Å². The van der Waals surface area contributed by atoms with Gasteiger partial charge in [0.25, 0.3) is 0 Å². The van der Waals surface area contributed by atoms with E-state index in [0.717, 1.165) is 5.70 Å². The van der Waals surface area contributed by atoms with Gasteiger partial charge in [-0.05, 0) is 12.2 Å². The van der Waals surface area contributed by atoms with Crippen LogP contribution in [0.5, 0.6) is 0 Å². The Morgan fingerprint density at radius 1 is 0.875 bits per heavy atom. The second-order valence-electron chi connectivity index (χ2n) is 3.20. The molecule has 0 aromatic heterocycles. The van der Waals surface area contributed by atoms with Gasteiger partial charge in [0.2, 0.25) is 5.91 Å². The standard InChI is InChI=1S/C14H15NO/c1-13(16)15-14-11-9-7-5-3-2-4-6-8-10-12-14/h2-12H,1H3,(H,15,16)/b3-2-,4-2?,5-3?,6-4-,7-5-,8-6?,9-7?,10-8-,11-9?,12-10?,14-11?,14-12?. The summed E-state index contributed by atoms with van der Waals surface area (Å²) in [4.78, 5) is 10.9. The highest BCUT2D eigenvalue weighted by Gasteiger charge is 1.92. The Morgan fingerprint density at radius 2 is 1.38 bits per heavy atom. The summed E-state index contributed by atoms with van der Waals surface area (Å²) in [5.41, 5.74) is 0.770. The molecule has 0 fully saturated rings. The molecule has 2 heteroatoms. The van der Waals surface area contributed by atoms with Crippen molar-refractivity contribution >= 4 is 5.91 Å². The summed E-state index contributed by atoms with van der Waals surface area (Å²) in [6.45, 7) is 1.49. The molecule has 0 bridgehead atoms. The summed E-state index contributed by atoms with van der Waals surface area (Å²) < 4.78 is 0. The zero-order chi connectivity index (χ0) is 11.6. The number of amides is 1. The van der Waals surface area contributed by atoms with E-state index in [1.54, 1.807) is 0 Å².